The molecule has 7 heteroatoms. The Balaban J connectivity index is 1.61. The van der Waals surface area contributed by atoms with Crippen LogP contribution in [0.5, 0.6) is 5.75 Å². The molecule has 166 valence electrons. The van der Waals surface area contributed by atoms with E-state index in [1.165, 1.54) is 18.2 Å². The monoisotopic (exact) mass is 450 g/mol. The van der Waals surface area contributed by atoms with E-state index >= 15 is 0 Å². The Morgan fingerprint density at radius 1 is 0.906 bits per heavy atom. The first-order valence-corrected chi connectivity index (χ1v) is 11.7. The molecule has 1 amide bonds. The minimum atomic E-state index is -3.73. The fraction of sp³-hybridized carbons (Fsp3) is 0.160. The minimum absolute atomic E-state index is 0.110. The van der Waals surface area contributed by atoms with Crippen LogP contribution in [0, 0.1) is 13.8 Å². The van der Waals surface area contributed by atoms with Crippen LogP contribution in [0.15, 0.2) is 77.7 Å². The molecule has 2 N–H and O–H groups in total. The maximum absolute atomic E-state index is 12.6. The number of ether oxygens (including phenoxy) is 1. The zero-order valence-corrected chi connectivity index (χ0v) is 19.1. The molecule has 0 aromatic heterocycles. The van der Waals surface area contributed by atoms with Crippen molar-refractivity contribution in [2.24, 2.45) is 0 Å². The second-order valence-corrected chi connectivity index (χ2v) is 8.94. The molecule has 0 saturated carbocycles. The van der Waals surface area contributed by atoms with Gasteiger partial charge in [-0.15, -0.1) is 0 Å². The third-order valence-corrected chi connectivity index (χ3v) is 6.21. The number of carbonyl (C=O) groups is 1. The maximum Gasteiger partial charge on any atom is 0.261 e. The molecule has 0 aliphatic heterocycles. The molecular weight excluding hydrogens is 424 g/mol. The van der Waals surface area contributed by atoms with E-state index in [1.807, 2.05) is 51.1 Å². The van der Waals surface area contributed by atoms with Crippen LogP contribution in [-0.4, -0.2) is 20.9 Å². The van der Waals surface area contributed by atoms with E-state index < -0.39 is 10.0 Å². The quantitative estimate of drug-likeness (QED) is 0.465. The molecule has 3 aromatic carbocycles. The lowest BCUT2D eigenvalue weighted by Crippen LogP contribution is -2.13. The van der Waals surface area contributed by atoms with E-state index in [4.69, 9.17) is 4.74 Å². The van der Waals surface area contributed by atoms with Crippen LogP contribution in [0.4, 0.5) is 11.4 Å². The number of aryl methyl sites for hydroxylation is 2. The third-order valence-electron chi connectivity index (χ3n) is 4.81. The van der Waals surface area contributed by atoms with Crippen molar-refractivity contribution in [1.29, 1.82) is 0 Å². The van der Waals surface area contributed by atoms with Gasteiger partial charge >= 0.3 is 0 Å². The first-order chi connectivity index (χ1) is 15.3. The van der Waals surface area contributed by atoms with Crippen molar-refractivity contribution in [3.8, 4) is 5.75 Å². The highest BCUT2D eigenvalue weighted by molar-refractivity contribution is 7.92. The molecule has 0 saturated heterocycles. The van der Waals surface area contributed by atoms with Crippen molar-refractivity contribution in [2.45, 2.75) is 25.7 Å². The zero-order valence-electron chi connectivity index (χ0n) is 18.3. The predicted molar refractivity (Wildman–Crippen MR) is 128 cm³/mol. The molecule has 32 heavy (non-hydrogen) atoms. The van der Waals surface area contributed by atoms with Crippen LogP contribution in [0.1, 0.15) is 23.6 Å². The average molecular weight is 451 g/mol. The summed E-state index contributed by atoms with van der Waals surface area (Å²) in [5.41, 5.74) is 3.95. The lowest BCUT2D eigenvalue weighted by atomic mass is 10.1. The number of carbonyl (C=O) groups excluding carboxylic acids is 1. The molecule has 0 unspecified atom stereocenters. The summed E-state index contributed by atoms with van der Waals surface area (Å²) in [7, 11) is -3.73. The number of anilines is 2. The van der Waals surface area contributed by atoms with Gasteiger partial charge < -0.3 is 10.1 Å². The summed E-state index contributed by atoms with van der Waals surface area (Å²) in [5, 5.41) is 2.72. The Kier molecular flexibility index (Phi) is 7.33. The van der Waals surface area contributed by atoms with Gasteiger partial charge in [0, 0.05) is 17.5 Å². The van der Waals surface area contributed by atoms with E-state index in [9.17, 15) is 13.2 Å². The van der Waals surface area contributed by atoms with E-state index in [0.717, 1.165) is 22.4 Å². The number of rotatable bonds is 8. The fourth-order valence-corrected chi connectivity index (χ4v) is 3.98. The second kappa shape index (κ2) is 10.2. The molecule has 3 aromatic rings. The van der Waals surface area contributed by atoms with Crippen LogP contribution >= 0.6 is 0 Å². The van der Waals surface area contributed by atoms with Gasteiger partial charge in [-0.2, -0.15) is 0 Å². The van der Waals surface area contributed by atoms with Crippen LogP contribution < -0.4 is 14.8 Å². The Morgan fingerprint density at radius 3 is 2.19 bits per heavy atom. The van der Waals surface area contributed by atoms with E-state index in [0.29, 0.717) is 18.0 Å². The Hall–Kier alpha value is -3.58. The Morgan fingerprint density at radius 2 is 1.56 bits per heavy atom. The van der Waals surface area contributed by atoms with E-state index in [2.05, 4.69) is 10.0 Å². The van der Waals surface area contributed by atoms with Gasteiger partial charge in [0.2, 0.25) is 5.91 Å². The molecule has 0 heterocycles. The lowest BCUT2D eigenvalue weighted by molar-refractivity contribution is -0.111. The molecule has 0 atom stereocenters. The Bertz CT molecular complexity index is 1220. The van der Waals surface area contributed by atoms with Crippen molar-refractivity contribution in [2.75, 3.05) is 16.6 Å². The summed E-state index contributed by atoms with van der Waals surface area (Å²) < 4.78 is 33.2. The van der Waals surface area contributed by atoms with Crippen molar-refractivity contribution in [1.82, 2.24) is 0 Å². The molecule has 0 spiro atoms. The number of hydrogen-bond acceptors (Lipinski definition) is 4. The second-order valence-electron chi connectivity index (χ2n) is 7.25. The van der Waals surface area contributed by atoms with Gasteiger partial charge in [-0.3, -0.25) is 9.52 Å². The summed E-state index contributed by atoms with van der Waals surface area (Å²) in [6, 6.07) is 18.8. The smallest absolute Gasteiger partial charge is 0.261 e. The van der Waals surface area contributed by atoms with Crippen LogP contribution in [0.25, 0.3) is 6.08 Å². The summed E-state index contributed by atoms with van der Waals surface area (Å²) in [6.45, 7) is 6.41. The third kappa shape index (κ3) is 6.21. The van der Waals surface area contributed by atoms with E-state index in [1.54, 1.807) is 30.3 Å². The van der Waals surface area contributed by atoms with Crippen LogP contribution in [-0.2, 0) is 14.8 Å². The van der Waals surface area contributed by atoms with Crippen molar-refractivity contribution >= 4 is 33.4 Å². The van der Waals surface area contributed by atoms with Gasteiger partial charge in [0.1, 0.15) is 5.75 Å². The summed E-state index contributed by atoms with van der Waals surface area (Å²) in [4.78, 5) is 12.3. The first kappa shape index (κ1) is 23.1. The van der Waals surface area contributed by atoms with E-state index in [-0.39, 0.29) is 10.8 Å². The number of benzene rings is 3. The van der Waals surface area contributed by atoms with Crippen molar-refractivity contribution < 1.29 is 17.9 Å². The number of nitrogens with one attached hydrogen (secondary N) is 2. The van der Waals surface area contributed by atoms with Gasteiger partial charge in [0.25, 0.3) is 10.0 Å². The number of sulfonamides is 1. The summed E-state index contributed by atoms with van der Waals surface area (Å²) >= 11 is 0. The maximum atomic E-state index is 12.6. The standard InChI is InChI=1S/C25H26N2O4S/c1-4-31-23-12-6-20(7-13-23)8-16-25(28)26-21-10-14-24(15-11-21)32(29,30)27-22-9-5-18(2)19(3)17-22/h5-17,27H,4H2,1-3H3,(H,26,28)/b16-8+. The topological polar surface area (TPSA) is 84.5 Å². The van der Waals surface area contributed by atoms with Crippen molar-refractivity contribution in [3.63, 3.8) is 0 Å². The average Bonchev–Trinajstić information content (AvgIpc) is 2.76. The Labute approximate surface area is 189 Å². The van der Waals surface area contributed by atoms with Crippen LogP contribution in [0.3, 0.4) is 0 Å². The highest BCUT2D eigenvalue weighted by atomic mass is 32.2. The highest BCUT2D eigenvalue weighted by Crippen LogP contribution is 2.20. The molecule has 0 radical (unpaired) electrons. The molecule has 6 nitrogen and oxygen atoms in total. The van der Waals surface area contributed by atoms with Gasteiger partial charge in [-0.05, 0) is 92.1 Å². The molecule has 0 aliphatic rings. The molecule has 0 bridgehead atoms. The van der Waals surface area contributed by atoms with Gasteiger partial charge in [-0.25, -0.2) is 8.42 Å². The molecular formula is C25H26N2O4S. The first-order valence-electron chi connectivity index (χ1n) is 10.2. The SMILES string of the molecule is CCOc1ccc(/C=C/C(=O)Nc2ccc(S(=O)(=O)Nc3ccc(C)c(C)c3)cc2)cc1. The zero-order chi connectivity index (χ0) is 23.1. The predicted octanol–water partition coefficient (Wildman–Crippen LogP) is 5.15. The molecule has 3 rings (SSSR count). The largest absolute Gasteiger partial charge is 0.494 e. The minimum Gasteiger partial charge on any atom is -0.494 e. The highest BCUT2D eigenvalue weighted by Gasteiger charge is 2.14. The van der Waals surface area contributed by atoms with Gasteiger partial charge in [-0.1, -0.05) is 18.2 Å². The molecule has 0 aliphatic carbocycles. The molecule has 0 fully saturated rings. The van der Waals surface area contributed by atoms with Gasteiger partial charge in [0.05, 0.1) is 11.5 Å². The van der Waals surface area contributed by atoms with Gasteiger partial charge in [0.15, 0.2) is 0 Å². The lowest BCUT2D eigenvalue weighted by Gasteiger charge is -2.10. The fourth-order valence-electron chi connectivity index (χ4n) is 2.93. The van der Waals surface area contributed by atoms with Crippen LogP contribution in [0.2, 0.25) is 0 Å². The normalized spacial score (nSPS) is 11.3. The number of hydrogen-bond donors (Lipinski definition) is 2. The number of amides is 1. The summed E-state index contributed by atoms with van der Waals surface area (Å²) in [6.07, 6.45) is 3.11. The summed E-state index contributed by atoms with van der Waals surface area (Å²) in [5.74, 6) is 0.457. The van der Waals surface area contributed by atoms with Crippen molar-refractivity contribution in [3.05, 3.63) is 89.5 Å².